The fourth-order valence-electron chi connectivity index (χ4n) is 10.9. The van der Waals surface area contributed by atoms with E-state index in [1.165, 1.54) is 55.1 Å². The lowest BCUT2D eigenvalue weighted by atomic mass is 9.93. The lowest BCUT2D eigenvalue weighted by molar-refractivity contribution is -0.121. The number of carbonyl (C=O) groups excluding carboxylic acids is 7. The largest absolute Gasteiger partial charge is 0.491 e. The first-order valence-electron chi connectivity index (χ1n) is 35.7. The number of nitrogens with one attached hydrogen (secondary N) is 8. The maximum atomic E-state index is 14.2. The van der Waals surface area contributed by atoms with Crippen molar-refractivity contribution in [3.8, 4) is 28.4 Å². The predicted molar refractivity (Wildman–Crippen MR) is 404 cm³/mol. The third kappa shape index (κ3) is 26.5. The molecule has 35 heteroatoms. The van der Waals surface area contributed by atoms with E-state index in [-0.39, 0.29) is 122 Å². The number of ether oxygens (including phenoxy) is 10. The van der Waals surface area contributed by atoms with E-state index in [1.807, 2.05) is 0 Å². The van der Waals surface area contributed by atoms with E-state index in [4.69, 9.17) is 53.1 Å². The number of pyridine rings is 1. The van der Waals surface area contributed by atoms with E-state index in [0.717, 1.165) is 0 Å². The van der Waals surface area contributed by atoms with Crippen LogP contribution in [0.3, 0.4) is 0 Å². The Morgan fingerprint density at radius 3 is 1.55 bits per heavy atom. The highest BCUT2D eigenvalue weighted by Gasteiger charge is 2.25. The standard InChI is InChI=1S/C75H98FN15O19/c1-48-39-51(76)40-49(2)67(48)110-60-14-9-50(75(3,4)100)41-55(60)57-45-91(8)74(99)66-56(57)43-58(83-66)70(95)81-52-10-12-54(13-11-52)109-38-37-108-36-35-107-34-33-106-32-31-105-30-29-104-28-27-103-26-25-102-24-23-101-22-21-78-63(92)16-19-80-72(97)68-86-62(46-89(68)6)85-65(94)17-20-79-71(96)59-42-53(44-88(59)5)82-73(98)69-87-61(47-90(69)7)84-64(93)15-18-77/h9-14,39-47,83,100H,15-38,77H2,1-8H3,(H,78,92)(H,79,96)(H,80,97)(H,81,95)(H,82,98)(H,84,93)(H,85,94). The molecule has 0 bridgehead atoms. The summed E-state index contributed by atoms with van der Waals surface area (Å²) in [4.78, 5) is 114. The summed E-state index contributed by atoms with van der Waals surface area (Å²) in [6.45, 7) is 13.4. The number of nitrogens with two attached hydrogens (primary N) is 1. The lowest BCUT2D eigenvalue weighted by Crippen LogP contribution is -2.33. The van der Waals surface area contributed by atoms with Gasteiger partial charge in [-0.1, -0.05) is 6.07 Å². The molecule has 3 aromatic carbocycles. The molecule has 5 aromatic heterocycles. The third-order valence-electron chi connectivity index (χ3n) is 16.4. The zero-order chi connectivity index (χ0) is 79.1. The molecule has 0 spiro atoms. The topological polar surface area (TPSA) is 421 Å². The quantitative estimate of drug-likeness (QED) is 0.0221. The molecule has 0 aliphatic rings. The Morgan fingerprint density at radius 1 is 0.509 bits per heavy atom. The van der Waals surface area contributed by atoms with Gasteiger partial charge in [-0.15, -0.1) is 0 Å². The zero-order valence-corrected chi connectivity index (χ0v) is 63.1. The number of carbonyl (C=O) groups is 7. The van der Waals surface area contributed by atoms with Crippen LogP contribution in [-0.2, 0) is 86.1 Å². The van der Waals surface area contributed by atoms with Gasteiger partial charge in [0.2, 0.25) is 29.4 Å². The van der Waals surface area contributed by atoms with E-state index in [2.05, 4.69) is 52.2 Å². The van der Waals surface area contributed by atoms with Crippen molar-refractivity contribution >= 4 is 75.3 Å². The molecular weight excluding hydrogens is 1430 g/mol. The van der Waals surface area contributed by atoms with Crippen LogP contribution in [0.1, 0.15) is 92.0 Å². The van der Waals surface area contributed by atoms with Crippen LogP contribution in [0.5, 0.6) is 17.2 Å². The van der Waals surface area contributed by atoms with Crippen molar-refractivity contribution in [1.29, 1.82) is 0 Å². The number of H-pyrrole nitrogens is 1. The number of hydrogen-bond donors (Lipinski definition) is 10. The Hall–Kier alpha value is -10.7. The molecule has 0 aliphatic heterocycles. The van der Waals surface area contributed by atoms with Gasteiger partial charge in [0, 0.05) is 121 Å². The fourth-order valence-corrected chi connectivity index (χ4v) is 10.9. The van der Waals surface area contributed by atoms with Crippen molar-refractivity contribution in [2.24, 2.45) is 33.9 Å². The first-order chi connectivity index (χ1) is 52.8. The Kier molecular flexibility index (Phi) is 33.1. The van der Waals surface area contributed by atoms with Gasteiger partial charge in [0.25, 0.3) is 29.2 Å². The molecule has 34 nitrogen and oxygen atoms in total. The highest BCUT2D eigenvalue weighted by Crippen LogP contribution is 2.41. The van der Waals surface area contributed by atoms with Crippen LogP contribution < -0.4 is 58.0 Å². The van der Waals surface area contributed by atoms with E-state index in [1.54, 1.807) is 111 Å². The van der Waals surface area contributed by atoms with Gasteiger partial charge in [-0.2, -0.15) is 0 Å². The molecule has 5 heterocycles. The number of rotatable bonds is 48. The molecule has 0 atom stereocenters. The van der Waals surface area contributed by atoms with Crippen LogP contribution in [0, 0.1) is 19.7 Å². The van der Waals surface area contributed by atoms with Gasteiger partial charge in [-0.05, 0) is 105 Å². The molecule has 0 fully saturated rings. The number of aromatic amines is 1. The molecule has 110 heavy (non-hydrogen) atoms. The second-order valence-corrected chi connectivity index (χ2v) is 25.7. The second-order valence-electron chi connectivity index (χ2n) is 25.7. The number of aromatic nitrogens is 7. The van der Waals surface area contributed by atoms with Gasteiger partial charge in [-0.3, -0.25) is 38.4 Å². The molecule has 7 amide bonds. The van der Waals surface area contributed by atoms with Crippen molar-refractivity contribution in [2.45, 2.75) is 52.6 Å². The summed E-state index contributed by atoms with van der Waals surface area (Å²) in [5.74, 6) is -1.86. The van der Waals surface area contributed by atoms with Crippen molar-refractivity contribution in [3.63, 3.8) is 0 Å². The Labute approximate surface area is 634 Å². The Balaban J connectivity index is 0.560. The molecular formula is C75H98FN15O19. The molecule has 8 aromatic rings. The summed E-state index contributed by atoms with van der Waals surface area (Å²) >= 11 is 0. The van der Waals surface area contributed by atoms with Crippen LogP contribution in [0.4, 0.5) is 27.4 Å². The summed E-state index contributed by atoms with van der Waals surface area (Å²) in [7, 11) is 6.39. The molecule has 0 saturated carbocycles. The maximum Gasteiger partial charge on any atom is 0.291 e. The average molecular weight is 1530 g/mol. The summed E-state index contributed by atoms with van der Waals surface area (Å²) in [6.07, 6.45) is 6.10. The maximum absolute atomic E-state index is 14.2. The van der Waals surface area contributed by atoms with Gasteiger partial charge in [-0.25, -0.2) is 14.4 Å². The first kappa shape index (κ1) is 84.9. The van der Waals surface area contributed by atoms with Crippen LogP contribution >= 0.6 is 0 Å². The van der Waals surface area contributed by atoms with Gasteiger partial charge in [0.1, 0.15) is 46.6 Å². The van der Waals surface area contributed by atoms with Crippen LogP contribution in [0.15, 0.2) is 96.3 Å². The predicted octanol–water partition coefficient (Wildman–Crippen LogP) is 5.11. The van der Waals surface area contributed by atoms with Crippen molar-refractivity contribution < 1.29 is 90.4 Å². The van der Waals surface area contributed by atoms with Crippen LogP contribution in [0.25, 0.3) is 22.0 Å². The summed E-state index contributed by atoms with van der Waals surface area (Å²) in [5, 5.41) is 30.2. The molecule has 594 valence electrons. The number of aryl methyl sites for hydroxylation is 6. The normalized spacial score (nSPS) is 11.4. The van der Waals surface area contributed by atoms with Gasteiger partial charge in [0.15, 0.2) is 11.6 Å². The lowest BCUT2D eigenvalue weighted by Gasteiger charge is -2.22. The summed E-state index contributed by atoms with van der Waals surface area (Å²) in [6, 6.07) is 17.9. The van der Waals surface area contributed by atoms with Crippen LogP contribution in [-0.4, -0.2) is 218 Å². The molecule has 8 rings (SSSR count). The molecule has 0 unspecified atom stereocenters. The number of nitrogens with zero attached hydrogens (tertiary/aromatic N) is 6. The van der Waals surface area contributed by atoms with Crippen molar-refractivity contribution in [1.82, 2.24) is 49.2 Å². The first-order valence-corrected chi connectivity index (χ1v) is 35.7. The van der Waals surface area contributed by atoms with Gasteiger partial charge < -0.3 is 119 Å². The Bertz CT molecular complexity index is 4440. The number of benzene rings is 3. The molecule has 0 radical (unpaired) electrons. The van der Waals surface area contributed by atoms with Crippen LogP contribution in [0.2, 0.25) is 0 Å². The van der Waals surface area contributed by atoms with E-state index < -0.39 is 35.1 Å². The summed E-state index contributed by atoms with van der Waals surface area (Å²) in [5.41, 5.74) is 8.05. The number of halogens is 1. The number of amides is 7. The average Bonchev–Trinajstić information content (AvgIpc) is 1.52. The fraction of sp³-hybridized carbons (Fsp3) is 0.440. The van der Waals surface area contributed by atoms with Crippen molar-refractivity contribution in [3.05, 3.63) is 147 Å². The smallest absolute Gasteiger partial charge is 0.291 e. The summed E-state index contributed by atoms with van der Waals surface area (Å²) < 4.78 is 76.7. The molecule has 11 N–H and O–H groups in total. The highest BCUT2D eigenvalue weighted by molar-refractivity contribution is 6.08. The van der Waals surface area contributed by atoms with Gasteiger partial charge >= 0.3 is 0 Å². The minimum Gasteiger partial charge on any atom is -0.491 e. The third-order valence-corrected chi connectivity index (χ3v) is 16.4. The minimum atomic E-state index is -1.22. The second kappa shape index (κ2) is 42.9. The van der Waals surface area contributed by atoms with Crippen molar-refractivity contribution in [2.75, 3.05) is 160 Å². The van der Waals surface area contributed by atoms with E-state index >= 15 is 0 Å². The number of aliphatic hydroxyl groups is 1. The van der Waals surface area contributed by atoms with E-state index in [0.29, 0.717) is 161 Å². The van der Waals surface area contributed by atoms with E-state index in [9.17, 15) is 47.9 Å². The highest BCUT2D eigenvalue weighted by atomic mass is 19.1. The van der Waals surface area contributed by atoms with Gasteiger partial charge in [0.05, 0.1) is 117 Å². The number of anilines is 4. The number of fused-ring (bicyclic) bond motifs is 1. The molecule has 0 saturated heterocycles. The minimum absolute atomic E-state index is 0.000190. The SMILES string of the molecule is Cc1cc(F)cc(C)c1Oc1ccc(C(C)(C)O)cc1-c1cn(C)c(=O)c2[nH]c(C(=O)Nc3ccc(OCCOCCOCCOCCOCCOCCOCCOCCOCCNC(=O)CCNC(=O)c4nc(NC(=O)CCNC(=O)c5cc(NC(=O)c6nc(NC(=O)CCN)cn6C)cn5C)cn4C)cc3)cc12. The Morgan fingerprint density at radius 2 is 1.01 bits per heavy atom. The number of imidazole rings is 2. The monoisotopic (exact) mass is 1530 g/mol. The zero-order valence-electron chi connectivity index (χ0n) is 63.1. The molecule has 0 aliphatic carbocycles. The number of hydrogen-bond acceptors (Lipinski definition) is 22.